The fourth-order valence-corrected chi connectivity index (χ4v) is 2.89. The molecule has 5 heteroatoms. The van der Waals surface area contributed by atoms with E-state index in [1.54, 1.807) is 18.4 Å². The summed E-state index contributed by atoms with van der Waals surface area (Å²) in [6.45, 7) is 3.23. The van der Waals surface area contributed by atoms with Crippen molar-refractivity contribution in [3.63, 3.8) is 0 Å². The highest BCUT2D eigenvalue weighted by Gasteiger charge is 2.07. The highest BCUT2D eigenvalue weighted by atomic mass is 32.2. The topological polar surface area (TPSA) is 55.4 Å². The molecule has 4 nitrogen and oxygen atoms in total. The number of hydrogen-bond acceptors (Lipinski definition) is 3. The van der Waals surface area contributed by atoms with Crippen molar-refractivity contribution in [2.45, 2.75) is 25.6 Å². The molecule has 0 aromatic heterocycles. The molecular weight excluding hydrogens is 322 g/mol. The van der Waals surface area contributed by atoms with Crippen LogP contribution in [0.15, 0.2) is 48.5 Å². The van der Waals surface area contributed by atoms with Gasteiger partial charge in [-0.1, -0.05) is 31.2 Å². The second-order valence-electron chi connectivity index (χ2n) is 5.59. The van der Waals surface area contributed by atoms with Crippen molar-refractivity contribution >= 4 is 16.7 Å². The van der Waals surface area contributed by atoms with Crippen molar-refractivity contribution in [1.29, 1.82) is 0 Å². The maximum atomic E-state index is 12.3. The Hall–Kier alpha value is -2.14. The predicted octanol–water partition coefficient (Wildman–Crippen LogP) is 3.28. The average molecular weight is 345 g/mol. The number of nitrogens with one attached hydrogen (secondary N) is 1. The summed E-state index contributed by atoms with van der Waals surface area (Å²) in [7, 11) is -0.920. The van der Waals surface area contributed by atoms with Gasteiger partial charge in [0, 0.05) is 34.9 Å². The fraction of sp³-hybridized carbons (Fsp3) is 0.316. The lowest BCUT2D eigenvalue weighted by molar-refractivity contribution is 0.0951. The van der Waals surface area contributed by atoms with Gasteiger partial charge in [-0.2, -0.15) is 0 Å². The van der Waals surface area contributed by atoms with Gasteiger partial charge in [0.15, 0.2) is 0 Å². The van der Waals surface area contributed by atoms with Crippen molar-refractivity contribution in [3.05, 3.63) is 65.2 Å². The molecule has 0 bridgehead atoms. The third-order valence-corrected chi connectivity index (χ3v) is 4.15. The van der Waals surface area contributed by atoms with Crippen molar-refractivity contribution in [3.8, 4) is 5.75 Å². The summed E-state index contributed by atoms with van der Waals surface area (Å²) in [5.41, 5.74) is 2.50. The van der Waals surface area contributed by atoms with Crippen LogP contribution in [0.2, 0.25) is 0 Å². The minimum atomic E-state index is -0.920. The van der Waals surface area contributed by atoms with E-state index in [4.69, 9.17) is 4.74 Å². The molecule has 1 N–H and O–H groups in total. The van der Waals surface area contributed by atoms with Crippen LogP contribution in [0.25, 0.3) is 0 Å². The van der Waals surface area contributed by atoms with Gasteiger partial charge < -0.3 is 10.1 Å². The minimum absolute atomic E-state index is 0.134. The van der Waals surface area contributed by atoms with Gasteiger partial charge >= 0.3 is 0 Å². The van der Waals surface area contributed by atoms with Crippen molar-refractivity contribution in [2.75, 3.05) is 12.9 Å². The van der Waals surface area contributed by atoms with Crippen LogP contribution < -0.4 is 10.1 Å². The molecule has 1 atom stereocenters. The molecule has 128 valence electrons. The van der Waals surface area contributed by atoms with Crippen LogP contribution in [0.1, 0.15) is 34.8 Å². The summed E-state index contributed by atoms with van der Waals surface area (Å²) in [6.07, 6.45) is 2.63. The van der Waals surface area contributed by atoms with E-state index in [0.29, 0.717) is 24.5 Å². The fourth-order valence-electron chi connectivity index (χ4n) is 2.24. The van der Waals surface area contributed by atoms with Crippen LogP contribution in [-0.4, -0.2) is 23.0 Å². The first kappa shape index (κ1) is 18.2. The Morgan fingerprint density at radius 3 is 2.54 bits per heavy atom. The Morgan fingerprint density at radius 1 is 1.12 bits per heavy atom. The zero-order valence-electron chi connectivity index (χ0n) is 14.1. The lowest BCUT2D eigenvalue weighted by Crippen LogP contribution is -2.22. The molecular formula is C19H23NO3S. The Bertz CT molecular complexity index is 698. The monoisotopic (exact) mass is 345 g/mol. The molecule has 0 radical (unpaired) electrons. The number of ether oxygens (including phenoxy) is 1. The SMILES string of the molecule is CCCOc1ccc(CNC(=O)c2cccc(C[S@](C)=O)c2)cc1. The Labute approximate surface area is 145 Å². The van der Waals surface area contributed by atoms with Gasteiger partial charge in [-0.3, -0.25) is 9.00 Å². The maximum absolute atomic E-state index is 12.3. The molecule has 2 rings (SSSR count). The molecule has 1 amide bonds. The van der Waals surface area contributed by atoms with E-state index >= 15 is 0 Å². The number of carbonyl (C=O) groups is 1. The van der Waals surface area contributed by atoms with E-state index < -0.39 is 10.8 Å². The molecule has 0 aliphatic heterocycles. The zero-order chi connectivity index (χ0) is 17.4. The lowest BCUT2D eigenvalue weighted by atomic mass is 10.1. The van der Waals surface area contributed by atoms with Gasteiger partial charge in [0.05, 0.1) is 6.61 Å². The van der Waals surface area contributed by atoms with Crippen LogP contribution in [0.5, 0.6) is 5.75 Å². The second kappa shape index (κ2) is 9.23. The summed E-state index contributed by atoms with van der Waals surface area (Å²) in [6, 6.07) is 15.0. The minimum Gasteiger partial charge on any atom is -0.494 e. The molecule has 0 fully saturated rings. The van der Waals surface area contributed by atoms with E-state index in [2.05, 4.69) is 12.2 Å². The van der Waals surface area contributed by atoms with Crippen molar-refractivity contribution < 1.29 is 13.7 Å². The van der Waals surface area contributed by atoms with Gasteiger partial charge in [0.2, 0.25) is 0 Å². The quantitative estimate of drug-likeness (QED) is 0.799. The third-order valence-electron chi connectivity index (χ3n) is 3.41. The number of rotatable bonds is 8. The Kier molecular flexibility index (Phi) is 7.00. The molecule has 24 heavy (non-hydrogen) atoms. The van der Waals surface area contributed by atoms with Crippen molar-refractivity contribution in [2.24, 2.45) is 0 Å². The van der Waals surface area contributed by atoms with Crippen LogP contribution in [0.4, 0.5) is 0 Å². The van der Waals surface area contributed by atoms with E-state index in [-0.39, 0.29) is 5.91 Å². The Balaban J connectivity index is 1.91. The smallest absolute Gasteiger partial charge is 0.251 e. The van der Waals surface area contributed by atoms with Crippen molar-refractivity contribution in [1.82, 2.24) is 5.32 Å². The summed E-state index contributed by atoms with van der Waals surface area (Å²) in [4.78, 5) is 12.3. The van der Waals surface area contributed by atoms with E-state index in [0.717, 1.165) is 23.3 Å². The summed E-state index contributed by atoms with van der Waals surface area (Å²) in [5, 5.41) is 2.90. The van der Waals surface area contributed by atoms with Crippen LogP contribution >= 0.6 is 0 Å². The van der Waals surface area contributed by atoms with Crippen LogP contribution in [0, 0.1) is 0 Å². The molecule has 0 aliphatic carbocycles. The predicted molar refractivity (Wildman–Crippen MR) is 97.6 cm³/mol. The first-order valence-electron chi connectivity index (χ1n) is 7.97. The lowest BCUT2D eigenvalue weighted by Gasteiger charge is -2.08. The standard InChI is InChI=1S/C19H23NO3S/c1-3-11-23-18-9-7-15(8-10-18)13-20-19(21)17-6-4-5-16(12-17)14-24(2)22/h4-10,12H,3,11,13-14H2,1-2H3,(H,20,21)/t24-/m0/s1. The maximum Gasteiger partial charge on any atom is 0.251 e. The highest BCUT2D eigenvalue weighted by Crippen LogP contribution is 2.13. The number of benzene rings is 2. The number of carbonyl (C=O) groups excluding carboxylic acids is 1. The first-order chi connectivity index (χ1) is 11.6. The van der Waals surface area contributed by atoms with E-state index in [9.17, 15) is 9.00 Å². The van der Waals surface area contributed by atoms with Gasteiger partial charge in [-0.15, -0.1) is 0 Å². The van der Waals surface area contributed by atoms with Gasteiger partial charge in [0.1, 0.15) is 5.75 Å². The van der Waals surface area contributed by atoms with Gasteiger partial charge in [0.25, 0.3) is 5.91 Å². The average Bonchev–Trinajstić information content (AvgIpc) is 2.58. The summed E-state index contributed by atoms with van der Waals surface area (Å²) >= 11 is 0. The summed E-state index contributed by atoms with van der Waals surface area (Å²) < 4.78 is 16.8. The van der Waals surface area contributed by atoms with Crippen LogP contribution in [-0.2, 0) is 23.1 Å². The summed E-state index contributed by atoms with van der Waals surface area (Å²) in [5.74, 6) is 1.16. The van der Waals surface area contributed by atoms with Gasteiger partial charge in [-0.25, -0.2) is 0 Å². The molecule has 0 saturated carbocycles. The molecule has 0 spiro atoms. The normalized spacial score (nSPS) is 11.8. The third kappa shape index (κ3) is 5.81. The molecule has 0 unspecified atom stereocenters. The molecule has 2 aromatic carbocycles. The largest absolute Gasteiger partial charge is 0.494 e. The number of hydrogen-bond donors (Lipinski definition) is 1. The molecule has 0 saturated heterocycles. The number of amides is 1. The second-order valence-corrected chi connectivity index (χ2v) is 7.03. The zero-order valence-corrected chi connectivity index (χ0v) is 14.9. The highest BCUT2D eigenvalue weighted by molar-refractivity contribution is 7.83. The van der Waals surface area contributed by atoms with E-state index in [1.165, 1.54) is 0 Å². The van der Waals surface area contributed by atoms with Crippen LogP contribution in [0.3, 0.4) is 0 Å². The van der Waals surface area contributed by atoms with Gasteiger partial charge in [-0.05, 0) is 41.8 Å². The Morgan fingerprint density at radius 2 is 1.88 bits per heavy atom. The molecule has 2 aromatic rings. The molecule has 0 aliphatic rings. The first-order valence-corrected chi connectivity index (χ1v) is 9.70. The van der Waals surface area contributed by atoms with E-state index in [1.807, 2.05) is 36.4 Å². The molecule has 0 heterocycles.